The predicted octanol–water partition coefficient (Wildman–Crippen LogP) is 4.13. The van der Waals surface area contributed by atoms with E-state index in [0.717, 1.165) is 19.9 Å². The Morgan fingerprint density at radius 1 is 1.53 bits per heavy atom. The van der Waals surface area contributed by atoms with Crippen LogP contribution in [0.1, 0.15) is 15.2 Å². The summed E-state index contributed by atoms with van der Waals surface area (Å²) in [5.74, 6) is -0.0489. The molecule has 0 saturated heterocycles. The number of hydrogen-bond donors (Lipinski definition) is 1. The first kappa shape index (κ1) is 10.9. The van der Waals surface area contributed by atoms with Crippen LogP contribution in [0.15, 0.2) is 26.7 Å². The second-order valence-electron chi connectivity index (χ2n) is 3.03. The van der Waals surface area contributed by atoms with Gasteiger partial charge in [0.1, 0.15) is 0 Å². The lowest BCUT2D eigenvalue weighted by molar-refractivity contribution is 0.103. The van der Waals surface area contributed by atoms with Crippen LogP contribution in [0, 0.1) is 6.92 Å². The Labute approximate surface area is 104 Å². The molecule has 2 rings (SSSR count). The van der Waals surface area contributed by atoms with Crippen LogP contribution in [0.3, 0.4) is 0 Å². The highest BCUT2D eigenvalue weighted by atomic mass is 79.9. The van der Waals surface area contributed by atoms with E-state index in [-0.39, 0.29) is 5.91 Å². The highest BCUT2D eigenvalue weighted by Gasteiger charge is 2.11. The quantitative estimate of drug-likeness (QED) is 0.888. The lowest BCUT2D eigenvalue weighted by Crippen LogP contribution is -2.09. The van der Waals surface area contributed by atoms with Crippen LogP contribution in [-0.4, -0.2) is 5.91 Å². The molecule has 0 aliphatic carbocycles. The molecule has 2 nitrogen and oxygen atoms in total. The number of carbonyl (C=O) groups excluding carboxylic acids is 1. The Balaban J connectivity index is 2.15. The summed E-state index contributed by atoms with van der Waals surface area (Å²) in [6.07, 6.45) is 0. The predicted molar refractivity (Wildman–Crippen MR) is 69.0 cm³/mol. The molecule has 1 amide bonds. The summed E-state index contributed by atoms with van der Waals surface area (Å²) in [5, 5.41) is 6.69. The lowest BCUT2D eigenvalue weighted by Gasteiger charge is -1.98. The van der Waals surface area contributed by atoms with E-state index in [1.54, 1.807) is 11.3 Å². The fourth-order valence-electron chi connectivity index (χ4n) is 1.10. The van der Waals surface area contributed by atoms with Gasteiger partial charge in [-0.1, -0.05) is 0 Å². The van der Waals surface area contributed by atoms with Gasteiger partial charge in [0.15, 0.2) is 0 Å². The van der Waals surface area contributed by atoms with E-state index in [0.29, 0.717) is 0 Å². The highest BCUT2D eigenvalue weighted by Crippen LogP contribution is 2.28. The van der Waals surface area contributed by atoms with E-state index in [2.05, 4.69) is 21.2 Å². The molecule has 0 aromatic carbocycles. The van der Waals surface area contributed by atoms with Gasteiger partial charge in [-0.15, -0.1) is 11.3 Å². The minimum Gasteiger partial charge on any atom is -0.321 e. The zero-order chi connectivity index (χ0) is 10.8. The Morgan fingerprint density at radius 2 is 2.33 bits per heavy atom. The third kappa shape index (κ3) is 2.48. The molecule has 2 heterocycles. The van der Waals surface area contributed by atoms with Gasteiger partial charge in [-0.05, 0) is 45.9 Å². The molecule has 0 spiro atoms. The standard InChI is InChI=1S/C10H8BrNOS2/c1-6-4-8(15-9(6)11)10(13)12-7-2-3-14-5-7/h2-5H,1H3,(H,12,13). The van der Waals surface area contributed by atoms with Crippen LogP contribution in [0.4, 0.5) is 5.69 Å². The fraction of sp³-hybridized carbons (Fsp3) is 0.100. The molecular weight excluding hydrogens is 294 g/mol. The zero-order valence-corrected chi connectivity index (χ0v) is 11.1. The Hall–Kier alpha value is -0.650. The molecule has 1 N–H and O–H groups in total. The van der Waals surface area contributed by atoms with Crippen molar-refractivity contribution in [2.24, 2.45) is 0 Å². The minimum absolute atomic E-state index is 0.0489. The monoisotopic (exact) mass is 301 g/mol. The summed E-state index contributed by atoms with van der Waals surface area (Å²) in [4.78, 5) is 12.5. The molecule has 78 valence electrons. The Morgan fingerprint density at radius 3 is 2.87 bits per heavy atom. The number of aryl methyl sites for hydroxylation is 1. The van der Waals surface area contributed by atoms with Crippen molar-refractivity contribution in [3.8, 4) is 0 Å². The van der Waals surface area contributed by atoms with Crippen LogP contribution < -0.4 is 5.32 Å². The van der Waals surface area contributed by atoms with Crippen molar-refractivity contribution < 1.29 is 4.79 Å². The van der Waals surface area contributed by atoms with E-state index in [1.165, 1.54) is 11.3 Å². The normalized spacial score (nSPS) is 10.3. The van der Waals surface area contributed by atoms with Crippen molar-refractivity contribution in [3.05, 3.63) is 37.1 Å². The summed E-state index contributed by atoms with van der Waals surface area (Å²) < 4.78 is 1.01. The Bertz CT molecular complexity index is 456. The van der Waals surface area contributed by atoms with Gasteiger partial charge < -0.3 is 5.32 Å². The molecule has 2 aromatic rings. The first-order valence-electron chi connectivity index (χ1n) is 4.26. The minimum atomic E-state index is -0.0489. The Kier molecular flexibility index (Phi) is 3.23. The molecule has 0 aliphatic rings. The van der Waals surface area contributed by atoms with Crippen LogP contribution in [0.5, 0.6) is 0 Å². The second-order valence-corrected chi connectivity index (χ2v) is 6.18. The van der Waals surface area contributed by atoms with Gasteiger partial charge >= 0.3 is 0 Å². The van der Waals surface area contributed by atoms with Gasteiger partial charge in [-0.2, -0.15) is 11.3 Å². The molecule has 0 saturated carbocycles. The molecule has 5 heteroatoms. The van der Waals surface area contributed by atoms with E-state index < -0.39 is 0 Å². The number of thiophene rings is 2. The van der Waals surface area contributed by atoms with Crippen LogP contribution in [0.25, 0.3) is 0 Å². The smallest absolute Gasteiger partial charge is 0.265 e. The van der Waals surface area contributed by atoms with Crippen molar-refractivity contribution >= 4 is 50.2 Å². The fourth-order valence-corrected chi connectivity index (χ4v) is 3.12. The first-order valence-corrected chi connectivity index (χ1v) is 6.81. The van der Waals surface area contributed by atoms with Crippen molar-refractivity contribution in [1.29, 1.82) is 0 Å². The third-order valence-corrected chi connectivity index (χ3v) is 4.68. The molecule has 0 unspecified atom stereocenters. The van der Waals surface area contributed by atoms with Gasteiger partial charge in [0.25, 0.3) is 5.91 Å². The average molecular weight is 302 g/mol. The summed E-state index contributed by atoms with van der Waals surface area (Å²) in [7, 11) is 0. The molecule has 0 aliphatic heterocycles. The van der Waals surface area contributed by atoms with Gasteiger partial charge in [-0.3, -0.25) is 4.79 Å². The maximum absolute atomic E-state index is 11.8. The van der Waals surface area contributed by atoms with E-state index in [9.17, 15) is 4.79 Å². The molecule has 0 atom stereocenters. The third-order valence-electron chi connectivity index (χ3n) is 1.86. The SMILES string of the molecule is Cc1cc(C(=O)Nc2ccsc2)sc1Br. The van der Waals surface area contributed by atoms with Crippen LogP contribution >= 0.6 is 38.6 Å². The van der Waals surface area contributed by atoms with Crippen molar-refractivity contribution in [2.75, 3.05) is 5.32 Å². The number of carbonyl (C=O) groups is 1. The first-order chi connectivity index (χ1) is 7.16. The van der Waals surface area contributed by atoms with Crippen molar-refractivity contribution in [2.45, 2.75) is 6.92 Å². The molecule has 0 radical (unpaired) electrons. The highest BCUT2D eigenvalue weighted by molar-refractivity contribution is 9.11. The maximum Gasteiger partial charge on any atom is 0.265 e. The van der Waals surface area contributed by atoms with Gasteiger partial charge in [0.2, 0.25) is 0 Å². The van der Waals surface area contributed by atoms with Crippen molar-refractivity contribution in [1.82, 2.24) is 0 Å². The van der Waals surface area contributed by atoms with Gasteiger partial charge in [0, 0.05) is 5.38 Å². The summed E-state index contributed by atoms with van der Waals surface area (Å²) in [6.45, 7) is 1.97. The number of hydrogen-bond acceptors (Lipinski definition) is 3. The molecular formula is C10H8BrNOS2. The van der Waals surface area contributed by atoms with Crippen LogP contribution in [-0.2, 0) is 0 Å². The number of amides is 1. The summed E-state index contributed by atoms with van der Waals surface area (Å²) >= 11 is 6.42. The number of rotatable bonds is 2. The second kappa shape index (κ2) is 4.47. The number of nitrogens with one attached hydrogen (secondary N) is 1. The lowest BCUT2D eigenvalue weighted by atomic mass is 10.3. The van der Waals surface area contributed by atoms with E-state index >= 15 is 0 Å². The summed E-state index contributed by atoms with van der Waals surface area (Å²) in [5.41, 5.74) is 1.95. The maximum atomic E-state index is 11.8. The largest absolute Gasteiger partial charge is 0.321 e. The molecule has 0 bridgehead atoms. The van der Waals surface area contributed by atoms with E-state index in [1.807, 2.05) is 29.8 Å². The zero-order valence-electron chi connectivity index (χ0n) is 7.91. The number of anilines is 1. The topological polar surface area (TPSA) is 29.1 Å². The van der Waals surface area contributed by atoms with Crippen LogP contribution in [0.2, 0.25) is 0 Å². The van der Waals surface area contributed by atoms with Gasteiger partial charge in [-0.25, -0.2) is 0 Å². The van der Waals surface area contributed by atoms with Crippen molar-refractivity contribution in [3.63, 3.8) is 0 Å². The molecule has 15 heavy (non-hydrogen) atoms. The molecule has 0 fully saturated rings. The number of halogens is 1. The molecule has 2 aromatic heterocycles. The summed E-state index contributed by atoms with van der Waals surface area (Å²) in [6, 6.07) is 3.77. The van der Waals surface area contributed by atoms with Gasteiger partial charge in [0.05, 0.1) is 14.4 Å². The van der Waals surface area contributed by atoms with E-state index in [4.69, 9.17) is 0 Å². The average Bonchev–Trinajstić information content (AvgIpc) is 2.78.